The highest BCUT2D eigenvalue weighted by Gasteiger charge is 2.55. The molecule has 6 nitrogen and oxygen atoms in total. The quantitative estimate of drug-likeness (QED) is 0.191. The molecule has 230 valence electrons. The summed E-state index contributed by atoms with van der Waals surface area (Å²) >= 11 is 1.93. The van der Waals surface area contributed by atoms with Crippen molar-refractivity contribution in [2.45, 2.75) is 80.6 Å². The largest absolute Gasteiger partial charge is 0.399 e. The Hall–Kier alpha value is -3.33. The van der Waals surface area contributed by atoms with E-state index in [9.17, 15) is 0 Å². The monoisotopic (exact) mass is 610 g/mol. The van der Waals surface area contributed by atoms with E-state index in [1.54, 1.807) is 0 Å². The Bertz CT molecular complexity index is 1390. The van der Waals surface area contributed by atoms with E-state index in [2.05, 4.69) is 72.8 Å². The van der Waals surface area contributed by atoms with E-state index in [-0.39, 0.29) is 34.9 Å². The van der Waals surface area contributed by atoms with Gasteiger partial charge in [-0.2, -0.15) is 0 Å². The van der Waals surface area contributed by atoms with Crippen LogP contribution in [0.25, 0.3) is 0 Å². The predicted molar refractivity (Wildman–Crippen MR) is 178 cm³/mol. The third kappa shape index (κ3) is 7.65. The van der Waals surface area contributed by atoms with E-state index in [0.717, 1.165) is 35.3 Å². The minimum absolute atomic E-state index is 0.0816. The van der Waals surface area contributed by atoms with Crippen LogP contribution >= 0.6 is 11.8 Å². The zero-order valence-electron chi connectivity index (χ0n) is 25.4. The fourth-order valence-corrected chi connectivity index (χ4v) is 8.11. The van der Waals surface area contributed by atoms with Gasteiger partial charge in [-0.3, -0.25) is 0 Å². The second-order valence-electron chi connectivity index (χ2n) is 12.2. The fourth-order valence-electron chi connectivity index (χ4n) is 6.30. The highest BCUT2D eigenvalue weighted by atomic mass is 32.2. The van der Waals surface area contributed by atoms with Gasteiger partial charge in [0.2, 0.25) is 0 Å². The van der Waals surface area contributed by atoms with Gasteiger partial charge in [0.15, 0.2) is 5.79 Å². The normalized spacial score (nSPS) is 26.1. The number of ether oxygens (including phenoxy) is 4. The van der Waals surface area contributed by atoms with Gasteiger partial charge in [0.25, 0.3) is 0 Å². The summed E-state index contributed by atoms with van der Waals surface area (Å²) in [6.45, 7) is 4.81. The van der Waals surface area contributed by atoms with Crippen molar-refractivity contribution in [3.63, 3.8) is 0 Å². The summed E-state index contributed by atoms with van der Waals surface area (Å²) in [5, 5.41) is 0.163. The number of thioether (sulfide) groups is 1. The van der Waals surface area contributed by atoms with Gasteiger partial charge in [0, 0.05) is 21.9 Å². The van der Waals surface area contributed by atoms with Crippen LogP contribution in [0.1, 0.15) is 36.1 Å². The number of anilines is 2. The molecular formula is C37H42N2O4S. The molecule has 44 heavy (non-hydrogen) atoms. The van der Waals surface area contributed by atoms with Gasteiger partial charge in [-0.25, -0.2) is 0 Å². The molecular weight excluding hydrogens is 568 g/mol. The zero-order chi connectivity index (χ0) is 30.5. The number of rotatable bonds is 10. The first-order chi connectivity index (χ1) is 21.3. The van der Waals surface area contributed by atoms with Crippen molar-refractivity contribution in [1.29, 1.82) is 0 Å². The van der Waals surface area contributed by atoms with Crippen LogP contribution in [0.15, 0.2) is 109 Å². The Kier molecular flexibility index (Phi) is 9.59. The summed E-state index contributed by atoms with van der Waals surface area (Å²) in [7, 11) is 0. The number of nitrogen functional groups attached to an aromatic ring is 2. The first-order valence-corrected chi connectivity index (χ1v) is 16.3. The molecule has 0 unspecified atom stereocenters. The van der Waals surface area contributed by atoms with Crippen molar-refractivity contribution in [2.24, 2.45) is 0 Å². The van der Waals surface area contributed by atoms with Crippen LogP contribution in [0.5, 0.6) is 0 Å². The average Bonchev–Trinajstić information content (AvgIpc) is 3.28. The smallest absolute Gasteiger partial charge is 0.164 e. The molecule has 6 rings (SSSR count). The van der Waals surface area contributed by atoms with Crippen LogP contribution in [0.2, 0.25) is 0 Å². The van der Waals surface area contributed by atoms with Crippen LogP contribution < -0.4 is 11.5 Å². The minimum Gasteiger partial charge on any atom is -0.399 e. The Morgan fingerprint density at radius 2 is 1.00 bits per heavy atom. The number of fused-ring (bicyclic) bond motifs is 1. The van der Waals surface area contributed by atoms with Crippen LogP contribution in [-0.2, 0) is 45.0 Å². The highest BCUT2D eigenvalue weighted by molar-refractivity contribution is 8.00. The Morgan fingerprint density at radius 1 is 0.591 bits per heavy atom. The molecule has 4 aromatic rings. The van der Waals surface area contributed by atoms with Gasteiger partial charge in [-0.15, -0.1) is 11.8 Å². The molecule has 0 bridgehead atoms. The van der Waals surface area contributed by atoms with Gasteiger partial charge in [0.05, 0.1) is 25.4 Å². The summed E-state index contributed by atoms with van der Waals surface area (Å²) in [6, 6.07) is 37.0. The highest BCUT2D eigenvalue weighted by Crippen LogP contribution is 2.45. The molecule has 4 aromatic carbocycles. The van der Waals surface area contributed by atoms with Crippen molar-refractivity contribution in [3.8, 4) is 0 Å². The van der Waals surface area contributed by atoms with Crippen molar-refractivity contribution < 1.29 is 18.9 Å². The third-order valence-corrected chi connectivity index (χ3v) is 9.81. The minimum atomic E-state index is -0.788. The predicted octanol–water partition coefficient (Wildman–Crippen LogP) is 6.81. The van der Waals surface area contributed by atoms with E-state index < -0.39 is 5.79 Å². The molecule has 2 aliphatic heterocycles. The van der Waals surface area contributed by atoms with Crippen molar-refractivity contribution in [2.75, 3.05) is 11.5 Å². The lowest BCUT2D eigenvalue weighted by Gasteiger charge is -2.32. The zero-order valence-corrected chi connectivity index (χ0v) is 26.2. The maximum absolute atomic E-state index is 6.87. The second kappa shape index (κ2) is 13.8. The van der Waals surface area contributed by atoms with E-state index in [0.29, 0.717) is 13.2 Å². The van der Waals surface area contributed by atoms with Gasteiger partial charge >= 0.3 is 0 Å². The van der Waals surface area contributed by atoms with E-state index in [1.807, 2.05) is 62.0 Å². The lowest BCUT2D eigenvalue weighted by molar-refractivity contribution is -0.167. The first kappa shape index (κ1) is 30.7. The van der Waals surface area contributed by atoms with Crippen molar-refractivity contribution in [3.05, 3.63) is 131 Å². The van der Waals surface area contributed by atoms with Gasteiger partial charge in [0.1, 0.15) is 12.2 Å². The first-order valence-electron chi connectivity index (χ1n) is 15.3. The molecule has 0 amide bonds. The molecule has 0 saturated carbocycles. The molecule has 2 heterocycles. The lowest BCUT2D eigenvalue weighted by atomic mass is 9.94. The molecule has 0 aromatic heterocycles. The molecule has 2 saturated heterocycles. The van der Waals surface area contributed by atoms with Gasteiger partial charge in [-0.1, -0.05) is 84.9 Å². The van der Waals surface area contributed by atoms with Crippen LogP contribution in [0.3, 0.4) is 0 Å². The lowest BCUT2D eigenvalue weighted by Crippen LogP contribution is -2.47. The van der Waals surface area contributed by atoms with Gasteiger partial charge < -0.3 is 30.4 Å². The Labute approximate surface area is 265 Å². The molecule has 0 aliphatic carbocycles. The van der Waals surface area contributed by atoms with Crippen LogP contribution in [0, 0.1) is 0 Å². The molecule has 0 radical (unpaired) electrons. The summed E-state index contributed by atoms with van der Waals surface area (Å²) in [4.78, 5) is 0. The maximum atomic E-state index is 6.87. The molecule has 2 aliphatic rings. The maximum Gasteiger partial charge on any atom is 0.164 e. The standard InChI is InChI=1S/C37H42N2O4S/c1-37(2)42-35-33(40-23-27-15-9-17-29(38)19-27)31(21-25-11-5-3-6-12-25)44-32(22-26-13-7-4-8-14-26)34(36(35)43-37)41-24-28-16-10-18-30(39)20-28/h3-20,31-36H,21-24,38-39H2,1-2H3/t31-,32-,33+,34+,35+,36+/m1/s1. The van der Waals surface area contributed by atoms with Crippen LogP contribution in [0.4, 0.5) is 11.4 Å². The number of nitrogens with two attached hydrogens (primary N) is 2. The number of benzene rings is 4. The third-order valence-electron chi connectivity index (χ3n) is 8.24. The van der Waals surface area contributed by atoms with E-state index in [1.165, 1.54) is 11.1 Å². The Morgan fingerprint density at radius 3 is 1.41 bits per heavy atom. The second-order valence-corrected chi connectivity index (χ2v) is 13.7. The Balaban J connectivity index is 1.38. The van der Waals surface area contributed by atoms with Crippen molar-refractivity contribution >= 4 is 23.1 Å². The molecule has 6 atom stereocenters. The molecule has 7 heteroatoms. The SMILES string of the molecule is CC1(C)O[C@@H]2[C@@H](O1)[C@@H](OCc1cccc(N)c1)[C@@H](Cc1ccccc1)S[C@H](Cc1ccccc1)[C@@H]2OCc1cccc(N)c1. The summed E-state index contributed by atoms with van der Waals surface area (Å²) < 4.78 is 27.2. The number of hydrogen-bond donors (Lipinski definition) is 2. The van der Waals surface area contributed by atoms with Gasteiger partial charge in [-0.05, 0) is 73.2 Å². The van der Waals surface area contributed by atoms with E-state index >= 15 is 0 Å². The molecule has 0 spiro atoms. The van der Waals surface area contributed by atoms with Crippen molar-refractivity contribution in [1.82, 2.24) is 0 Å². The number of hydrogen-bond acceptors (Lipinski definition) is 7. The molecule has 2 fully saturated rings. The fraction of sp³-hybridized carbons (Fsp3) is 0.351. The molecule has 4 N–H and O–H groups in total. The van der Waals surface area contributed by atoms with Crippen LogP contribution in [-0.4, -0.2) is 40.7 Å². The average molecular weight is 611 g/mol. The summed E-state index contributed by atoms with van der Waals surface area (Å²) in [5.41, 5.74) is 18.3. The summed E-state index contributed by atoms with van der Waals surface area (Å²) in [5.74, 6) is -0.788. The topological polar surface area (TPSA) is 89.0 Å². The van der Waals surface area contributed by atoms with E-state index in [4.69, 9.17) is 30.4 Å². The summed E-state index contributed by atoms with van der Waals surface area (Å²) in [6.07, 6.45) is 0.471.